The molecule has 7 nitrogen and oxygen atoms in total. The highest BCUT2D eigenvalue weighted by Crippen LogP contribution is 2.28. The van der Waals surface area contributed by atoms with Gasteiger partial charge in [0.15, 0.2) is 0 Å². The molecule has 1 saturated heterocycles. The lowest BCUT2D eigenvalue weighted by Crippen LogP contribution is -2.29. The van der Waals surface area contributed by atoms with Gasteiger partial charge in [0.05, 0.1) is 18.4 Å². The summed E-state index contributed by atoms with van der Waals surface area (Å²) >= 11 is 0. The first-order chi connectivity index (χ1) is 16.6. The number of hydrogen-bond acceptors (Lipinski definition) is 4. The number of nitrogens with one attached hydrogen (secondary N) is 3. The standard InChI is InChI=1S/C27H30N4O3/c1-34-25-12-6-5-11-23(25)30-27(33)29-21-13-14-24(31-17-7-8-18-31)22(19-21)26(32)28-16-15-20-9-3-2-4-10-20/h2-6,9-14,19H,7-8,15-18H2,1H3,(H,28,32)(H2,29,30,33). The van der Waals surface area contributed by atoms with Crippen molar-refractivity contribution in [3.05, 3.63) is 83.9 Å². The van der Waals surface area contributed by atoms with Crippen molar-refractivity contribution >= 4 is 29.0 Å². The molecule has 3 amide bonds. The Kier molecular flexibility index (Phi) is 7.65. The maximum absolute atomic E-state index is 13.1. The van der Waals surface area contributed by atoms with Gasteiger partial charge in [0.1, 0.15) is 5.75 Å². The Balaban J connectivity index is 1.47. The van der Waals surface area contributed by atoms with E-state index in [1.807, 2.05) is 54.6 Å². The molecular weight excluding hydrogens is 428 g/mol. The second-order valence-electron chi connectivity index (χ2n) is 8.20. The SMILES string of the molecule is COc1ccccc1NC(=O)Nc1ccc(N2CCCC2)c(C(=O)NCCc2ccccc2)c1. The zero-order chi connectivity index (χ0) is 23.8. The molecular formula is C27H30N4O3. The van der Waals surface area contributed by atoms with Crippen LogP contribution in [0.25, 0.3) is 0 Å². The fraction of sp³-hybridized carbons (Fsp3) is 0.259. The van der Waals surface area contributed by atoms with Crippen molar-refractivity contribution in [3.63, 3.8) is 0 Å². The number of carbonyl (C=O) groups is 2. The van der Waals surface area contributed by atoms with E-state index in [4.69, 9.17) is 4.74 Å². The van der Waals surface area contributed by atoms with Crippen LogP contribution in [0.5, 0.6) is 5.75 Å². The average Bonchev–Trinajstić information content (AvgIpc) is 3.40. The van der Waals surface area contributed by atoms with Gasteiger partial charge in [-0.05, 0) is 55.2 Å². The lowest BCUT2D eigenvalue weighted by Gasteiger charge is -2.22. The van der Waals surface area contributed by atoms with E-state index in [0.717, 1.165) is 38.0 Å². The van der Waals surface area contributed by atoms with E-state index >= 15 is 0 Å². The molecule has 0 bridgehead atoms. The van der Waals surface area contributed by atoms with Crippen molar-refractivity contribution in [2.45, 2.75) is 19.3 Å². The van der Waals surface area contributed by atoms with E-state index in [-0.39, 0.29) is 5.91 Å². The van der Waals surface area contributed by atoms with Gasteiger partial charge in [-0.3, -0.25) is 4.79 Å². The lowest BCUT2D eigenvalue weighted by atomic mass is 10.1. The highest BCUT2D eigenvalue weighted by molar-refractivity contribution is 6.04. The van der Waals surface area contributed by atoms with Crippen LogP contribution >= 0.6 is 0 Å². The van der Waals surface area contributed by atoms with Gasteiger partial charge >= 0.3 is 6.03 Å². The van der Waals surface area contributed by atoms with E-state index in [2.05, 4.69) is 20.9 Å². The van der Waals surface area contributed by atoms with Gasteiger partial charge in [0, 0.05) is 31.0 Å². The molecule has 3 aromatic carbocycles. The van der Waals surface area contributed by atoms with Gasteiger partial charge in [-0.1, -0.05) is 42.5 Å². The molecule has 0 unspecified atom stereocenters. The predicted octanol–water partition coefficient (Wildman–Crippen LogP) is 4.91. The number of methoxy groups -OCH3 is 1. The quantitative estimate of drug-likeness (QED) is 0.448. The number of amides is 3. The number of ether oxygens (including phenoxy) is 1. The van der Waals surface area contributed by atoms with Crippen LogP contribution in [0.3, 0.4) is 0 Å². The van der Waals surface area contributed by atoms with Gasteiger partial charge in [-0.2, -0.15) is 0 Å². The molecule has 7 heteroatoms. The predicted molar refractivity (Wildman–Crippen MR) is 136 cm³/mol. The number of para-hydroxylation sites is 2. The number of hydrogen-bond donors (Lipinski definition) is 3. The summed E-state index contributed by atoms with van der Waals surface area (Å²) in [5.41, 5.74) is 3.74. The van der Waals surface area contributed by atoms with Crippen molar-refractivity contribution in [2.24, 2.45) is 0 Å². The zero-order valence-corrected chi connectivity index (χ0v) is 19.3. The van der Waals surface area contributed by atoms with Crippen LogP contribution in [0.15, 0.2) is 72.8 Å². The van der Waals surface area contributed by atoms with Crippen LogP contribution in [-0.4, -0.2) is 38.7 Å². The maximum atomic E-state index is 13.1. The highest BCUT2D eigenvalue weighted by Gasteiger charge is 2.20. The van der Waals surface area contributed by atoms with E-state index in [1.54, 1.807) is 25.3 Å². The third-order valence-electron chi connectivity index (χ3n) is 5.84. The van der Waals surface area contributed by atoms with Crippen LogP contribution in [0.1, 0.15) is 28.8 Å². The van der Waals surface area contributed by atoms with Crippen LogP contribution < -0.4 is 25.6 Å². The van der Waals surface area contributed by atoms with Crippen molar-refractivity contribution in [3.8, 4) is 5.75 Å². The van der Waals surface area contributed by atoms with Gasteiger partial charge in [0.2, 0.25) is 0 Å². The van der Waals surface area contributed by atoms with E-state index in [0.29, 0.717) is 29.2 Å². The second kappa shape index (κ2) is 11.2. The van der Waals surface area contributed by atoms with Crippen LogP contribution in [-0.2, 0) is 6.42 Å². The molecule has 1 aliphatic rings. The summed E-state index contributed by atoms with van der Waals surface area (Å²) in [4.78, 5) is 28.0. The molecule has 3 N–H and O–H groups in total. The molecule has 1 heterocycles. The topological polar surface area (TPSA) is 82.7 Å². The first-order valence-electron chi connectivity index (χ1n) is 11.6. The monoisotopic (exact) mass is 458 g/mol. The highest BCUT2D eigenvalue weighted by atomic mass is 16.5. The lowest BCUT2D eigenvalue weighted by molar-refractivity contribution is 0.0954. The summed E-state index contributed by atoms with van der Waals surface area (Å²) in [7, 11) is 1.55. The fourth-order valence-electron chi connectivity index (χ4n) is 4.12. The summed E-state index contributed by atoms with van der Waals surface area (Å²) in [6.45, 7) is 2.38. The molecule has 0 aromatic heterocycles. The molecule has 3 aromatic rings. The molecule has 0 radical (unpaired) electrons. The Morgan fingerprint density at radius 3 is 2.41 bits per heavy atom. The van der Waals surface area contributed by atoms with Crippen molar-refractivity contribution in [1.29, 1.82) is 0 Å². The summed E-state index contributed by atoms with van der Waals surface area (Å²) in [6, 6.07) is 22.3. The Labute approximate surface area is 200 Å². The molecule has 0 saturated carbocycles. The van der Waals surface area contributed by atoms with Gasteiger partial charge < -0.3 is 25.6 Å². The average molecular weight is 459 g/mol. The van der Waals surface area contributed by atoms with Crippen LogP contribution in [0, 0.1) is 0 Å². The third kappa shape index (κ3) is 5.86. The fourth-order valence-corrected chi connectivity index (χ4v) is 4.12. The summed E-state index contributed by atoms with van der Waals surface area (Å²) in [6.07, 6.45) is 2.97. The Bertz CT molecular complexity index is 1130. The molecule has 0 spiro atoms. The molecule has 0 atom stereocenters. The second-order valence-corrected chi connectivity index (χ2v) is 8.20. The molecule has 4 rings (SSSR count). The normalized spacial score (nSPS) is 12.8. The first-order valence-corrected chi connectivity index (χ1v) is 11.6. The van der Waals surface area contributed by atoms with Gasteiger partial charge in [0.25, 0.3) is 5.91 Å². The summed E-state index contributed by atoms with van der Waals surface area (Å²) in [5.74, 6) is 0.423. The van der Waals surface area contributed by atoms with E-state index in [1.165, 1.54) is 5.56 Å². The van der Waals surface area contributed by atoms with Crippen molar-refractivity contribution < 1.29 is 14.3 Å². The molecule has 176 valence electrons. The van der Waals surface area contributed by atoms with E-state index < -0.39 is 6.03 Å². The Hall–Kier alpha value is -4.00. The number of rotatable bonds is 8. The molecule has 0 aliphatic carbocycles. The van der Waals surface area contributed by atoms with Gasteiger partial charge in [-0.25, -0.2) is 4.79 Å². The number of urea groups is 1. The molecule has 1 fully saturated rings. The number of anilines is 3. The van der Waals surface area contributed by atoms with Crippen LogP contribution in [0.2, 0.25) is 0 Å². The number of nitrogens with zero attached hydrogens (tertiary/aromatic N) is 1. The Morgan fingerprint density at radius 2 is 1.65 bits per heavy atom. The summed E-state index contributed by atoms with van der Waals surface area (Å²) in [5, 5.41) is 8.66. The van der Waals surface area contributed by atoms with Crippen LogP contribution in [0.4, 0.5) is 21.9 Å². The van der Waals surface area contributed by atoms with Gasteiger partial charge in [-0.15, -0.1) is 0 Å². The summed E-state index contributed by atoms with van der Waals surface area (Å²) < 4.78 is 5.29. The minimum absolute atomic E-state index is 0.147. The van der Waals surface area contributed by atoms with Crippen molar-refractivity contribution in [1.82, 2.24) is 5.32 Å². The number of carbonyl (C=O) groups excluding carboxylic acids is 2. The largest absolute Gasteiger partial charge is 0.495 e. The smallest absolute Gasteiger partial charge is 0.323 e. The minimum atomic E-state index is -0.408. The molecule has 34 heavy (non-hydrogen) atoms. The Morgan fingerprint density at radius 1 is 0.912 bits per heavy atom. The first kappa shape index (κ1) is 23.2. The van der Waals surface area contributed by atoms with E-state index in [9.17, 15) is 9.59 Å². The minimum Gasteiger partial charge on any atom is -0.495 e. The number of benzene rings is 3. The zero-order valence-electron chi connectivity index (χ0n) is 19.3. The third-order valence-corrected chi connectivity index (χ3v) is 5.84. The van der Waals surface area contributed by atoms with Crippen molar-refractivity contribution in [2.75, 3.05) is 42.3 Å². The maximum Gasteiger partial charge on any atom is 0.323 e. The molecule has 1 aliphatic heterocycles.